The molecule has 0 saturated carbocycles. The Bertz CT molecular complexity index is 477. The number of methoxy groups -OCH3 is 1. The monoisotopic (exact) mass is 278 g/mol. The van der Waals surface area contributed by atoms with Crippen molar-refractivity contribution in [2.75, 3.05) is 7.11 Å². The van der Waals surface area contributed by atoms with Gasteiger partial charge in [0.2, 0.25) is 0 Å². The first-order chi connectivity index (χ1) is 9.43. The van der Waals surface area contributed by atoms with Crippen LogP contribution in [0.5, 0.6) is 5.75 Å². The Hall–Kier alpha value is -1.81. The third kappa shape index (κ3) is 5.05. The maximum Gasteiger partial charge on any atom is 0.328 e. The van der Waals surface area contributed by atoms with Gasteiger partial charge >= 0.3 is 5.97 Å². The van der Waals surface area contributed by atoms with E-state index in [2.05, 4.69) is 13.8 Å². The minimum atomic E-state index is -0.969. The Morgan fingerprint density at radius 3 is 2.60 bits per heavy atom. The largest absolute Gasteiger partial charge is 0.497 e. The zero-order chi connectivity index (χ0) is 15.1. The van der Waals surface area contributed by atoms with Gasteiger partial charge in [-0.1, -0.05) is 19.9 Å². The van der Waals surface area contributed by atoms with E-state index in [1.54, 1.807) is 19.3 Å². The Morgan fingerprint density at radius 1 is 1.35 bits per heavy atom. The third-order valence-corrected chi connectivity index (χ3v) is 3.20. The quantitative estimate of drug-likeness (QED) is 0.777. The normalized spacial score (nSPS) is 12.8. The fourth-order valence-electron chi connectivity index (χ4n) is 1.57. The summed E-state index contributed by atoms with van der Waals surface area (Å²) in [5.74, 6) is 0.190. The van der Waals surface area contributed by atoms with Gasteiger partial charge < -0.3 is 14.6 Å². The fraction of sp³-hybridized carbons (Fsp3) is 0.438. The van der Waals surface area contributed by atoms with Crippen molar-refractivity contribution in [2.24, 2.45) is 5.92 Å². The second-order valence-electron chi connectivity index (χ2n) is 5.00. The average Bonchev–Trinajstić information content (AvgIpc) is 2.42. The number of aliphatic carboxylic acids is 1. The maximum absolute atomic E-state index is 10.6. The van der Waals surface area contributed by atoms with Gasteiger partial charge in [-0.15, -0.1) is 0 Å². The smallest absolute Gasteiger partial charge is 0.328 e. The molecule has 4 nitrogen and oxygen atoms in total. The van der Waals surface area contributed by atoms with E-state index in [0.717, 1.165) is 23.0 Å². The van der Waals surface area contributed by atoms with Gasteiger partial charge in [-0.05, 0) is 42.2 Å². The number of carbonyl (C=O) groups is 1. The lowest BCUT2D eigenvalue weighted by Crippen LogP contribution is -2.15. The van der Waals surface area contributed by atoms with Crippen LogP contribution in [0.3, 0.4) is 0 Å². The molecule has 0 saturated heterocycles. The molecule has 20 heavy (non-hydrogen) atoms. The van der Waals surface area contributed by atoms with Crippen LogP contribution in [0, 0.1) is 5.92 Å². The highest BCUT2D eigenvalue weighted by Crippen LogP contribution is 2.21. The number of hydrogen-bond donors (Lipinski definition) is 1. The van der Waals surface area contributed by atoms with Crippen molar-refractivity contribution in [3.8, 4) is 5.75 Å². The van der Waals surface area contributed by atoms with Crippen LogP contribution >= 0.6 is 0 Å². The van der Waals surface area contributed by atoms with E-state index in [-0.39, 0.29) is 6.10 Å². The lowest BCUT2D eigenvalue weighted by atomic mass is 10.1. The second kappa shape index (κ2) is 7.70. The Balaban J connectivity index is 2.91. The van der Waals surface area contributed by atoms with Crippen LogP contribution < -0.4 is 4.74 Å². The van der Waals surface area contributed by atoms with E-state index in [1.807, 2.05) is 19.1 Å². The summed E-state index contributed by atoms with van der Waals surface area (Å²) in [4.78, 5) is 10.6. The van der Waals surface area contributed by atoms with Crippen LogP contribution in [-0.4, -0.2) is 24.3 Å². The number of ether oxygens (including phenoxy) is 2. The van der Waals surface area contributed by atoms with Crippen LogP contribution in [0.2, 0.25) is 0 Å². The van der Waals surface area contributed by atoms with Gasteiger partial charge in [0.15, 0.2) is 0 Å². The van der Waals surface area contributed by atoms with Crippen molar-refractivity contribution in [1.82, 2.24) is 0 Å². The molecule has 4 heteroatoms. The molecule has 0 aromatic heterocycles. The number of rotatable bonds is 7. The zero-order valence-corrected chi connectivity index (χ0v) is 12.4. The maximum atomic E-state index is 10.6. The van der Waals surface area contributed by atoms with E-state index in [9.17, 15) is 4.79 Å². The minimum absolute atomic E-state index is 0.137. The summed E-state index contributed by atoms with van der Waals surface area (Å²) in [6.07, 6.45) is 2.83. The highest BCUT2D eigenvalue weighted by atomic mass is 16.5. The van der Waals surface area contributed by atoms with Crippen LogP contribution in [0.15, 0.2) is 24.3 Å². The molecule has 0 amide bonds. The second-order valence-corrected chi connectivity index (χ2v) is 5.00. The molecule has 0 radical (unpaired) electrons. The zero-order valence-electron chi connectivity index (χ0n) is 12.4. The average molecular weight is 278 g/mol. The Labute approximate surface area is 120 Å². The molecule has 1 aromatic rings. The Morgan fingerprint density at radius 2 is 2.05 bits per heavy atom. The first-order valence-corrected chi connectivity index (χ1v) is 6.63. The van der Waals surface area contributed by atoms with Crippen LogP contribution in [0.25, 0.3) is 6.08 Å². The van der Waals surface area contributed by atoms with E-state index in [4.69, 9.17) is 14.6 Å². The van der Waals surface area contributed by atoms with Gasteiger partial charge in [0.25, 0.3) is 0 Å². The molecule has 1 rings (SSSR count). The third-order valence-electron chi connectivity index (χ3n) is 3.20. The summed E-state index contributed by atoms with van der Waals surface area (Å²) < 4.78 is 11.0. The van der Waals surface area contributed by atoms with Gasteiger partial charge in [-0.25, -0.2) is 4.79 Å². The SMILES string of the molecule is COc1ccc(/C=C/C(=O)O)c(COC(C)C(C)C)c1. The summed E-state index contributed by atoms with van der Waals surface area (Å²) in [6, 6.07) is 5.50. The van der Waals surface area contributed by atoms with Gasteiger partial charge in [-0.2, -0.15) is 0 Å². The van der Waals surface area contributed by atoms with Crippen molar-refractivity contribution in [2.45, 2.75) is 33.5 Å². The molecular weight excluding hydrogens is 256 g/mol. The first-order valence-electron chi connectivity index (χ1n) is 6.63. The minimum Gasteiger partial charge on any atom is -0.497 e. The standard InChI is InChI=1S/C16H22O4/c1-11(2)12(3)20-10-14-9-15(19-4)7-5-13(14)6-8-16(17)18/h5-9,11-12H,10H2,1-4H3,(H,17,18)/b8-6+. The topological polar surface area (TPSA) is 55.8 Å². The van der Waals surface area contributed by atoms with Crippen molar-refractivity contribution >= 4 is 12.0 Å². The summed E-state index contributed by atoms with van der Waals surface area (Å²) >= 11 is 0. The number of carboxylic acid groups (broad SMARTS) is 1. The molecular formula is C16H22O4. The number of hydrogen-bond acceptors (Lipinski definition) is 3. The van der Waals surface area contributed by atoms with Crippen molar-refractivity contribution < 1.29 is 19.4 Å². The number of benzene rings is 1. The predicted molar refractivity (Wildman–Crippen MR) is 78.8 cm³/mol. The summed E-state index contributed by atoms with van der Waals surface area (Å²) in [5.41, 5.74) is 1.73. The highest BCUT2D eigenvalue weighted by Gasteiger charge is 2.09. The van der Waals surface area contributed by atoms with E-state index in [0.29, 0.717) is 12.5 Å². The van der Waals surface area contributed by atoms with Gasteiger partial charge in [-0.3, -0.25) is 0 Å². The van der Waals surface area contributed by atoms with Gasteiger partial charge in [0.05, 0.1) is 19.8 Å². The molecule has 0 bridgehead atoms. The molecule has 0 aliphatic heterocycles. The highest BCUT2D eigenvalue weighted by molar-refractivity contribution is 5.85. The molecule has 1 unspecified atom stereocenters. The molecule has 0 aliphatic rings. The van der Waals surface area contributed by atoms with E-state index < -0.39 is 5.97 Å². The molecule has 0 fully saturated rings. The molecule has 1 aromatic carbocycles. The molecule has 1 atom stereocenters. The van der Waals surface area contributed by atoms with Crippen LogP contribution in [0.1, 0.15) is 31.9 Å². The van der Waals surface area contributed by atoms with Crippen LogP contribution in [-0.2, 0) is 16.1 Å². The van der Waals surface area contributed by atoms with Crippen LogP contribution in [0.4, 0.5) is 0 Å². The Kier molecular flexibility index (Phi) is 6.25. The fourth-order valence-corrected chi connectivity index (χ4v) is 1.57. The molecule has 0 heterocycles. The van der Waals surface area contributed by atoms with Gasteiger partial charge in [0, 0.05) is 6.08 Å². The first kappa shape index (κ1) is 16.2. The molecule has 1 N–H and O–H groups in total. The molecule has 110 valence electrons. The van der Waals surface area contributed by atoms with Gasteiger partial charge in [0.1, 0.15) is 5.75 Å². The lowest BCUT2D eigenvalue weighted by molar-refractivity contribution is -0.131. The molecule has 0 spiro atoms. The molecule has 0 aliphatic carbocycles. The van der Waals surface area contributed by atoms with Crippen molar-refractivity contribution in [3.63, 3.8) is 0 Å². The van der Waals surface area contributed by atoms with Crippen molar-refractivity contribution in [3.05, 3.63) is 35.4 Å². The van der Waals surface area contributed by atoms with E-state index >= 15 is 0 Å². The van der Waals surface area contributed by atoms with Crippen molar-refractivity contribution in [1.29, 1.82) is 0 Å². The van der Waals surface area contributed by atoms with E-state index in [1.165, 1.54) is 0 Å². The summed E-state index contributed by atoms with van der Waals surface area (Å²) in [7, 11) is 1.60. The summed E-state index contributed by atoms with van der Waals surface area (Å²) in [5, 5.41) is 8.71. The summed E-state index contributed by atoms with van der Waals surface area (Å²) in [6.45, 7) is 6.65. The predicted octanol–water partition coefficient (Wildman–Crippen LogP) is 3.35. The lowest BCUT2D eigenvalue weighted by Gasteiger charge is -2.18. The number of carboxylic acids is 1.